The van der Waals surface area contributed by atoms with Gasteiger partial charge in [-0.3, -0.25) is 9.59 Å². The molecule has 1 saturated heterocycles. The minimum absolute atomic E-state index is 0.00237. The van der Waals surface area contributed by atoms with Crippen LogP contribution in [-0.4, -0.2) is 18.4 Å². The van der Waals surface area contributed by atoms with Crippen LogP contribution in [0.5, 0.6) is 0 Å². The van der Waals surface area contributed by atoms with Crippen molar-refractivity contribution in [3.63, 3.8) is 0 Å². The van der Waals surface area contributed by atoms with Gasteiger partial charge in [-0.1, -0.05) is 28.1 Å². The molecule has 5 heteroatoms. The number of benzene rings is 2. The summed E-state index contributed by atoms with van der Waals surface area (Å²) in [5, 5.41) is 3.00. The van der Waals surface area contributed by atoms with Crippen LogP contribution in [-0.2, 0) is 9.59 Å². The van der Waals surface area contributed by atoms with Gasteiger partial charge in [-0.2, -0.15) is 0 Å². The minimum atomic E-state index is -0.342. The zero-order valence-corrected chi connectivity index (χ0v) is 17.1. The van der Waals surface area contributed by atoms with Gasteiger partial charge in [0, 0.05) is 28.8 Å². The summed E-state index contributed by atoms with van der Waals surface area (Å²) in [5.41, 5.74) is 5.98. The summed E-state index contributed by atoms with van der Waals surface area (Å²) in [4.78, 5) is 27.0. The van der Waals surface area contributed by atoms with Crippen LogP contribution in [0.1, 0.15) is 28.7 Å². The number of rotatable bonds is 3. The van der Waals surface area contributed by atoms with Gasteiger partial charge in [0.15, 0.2) is 0 Å². The van der Waals surface area contributed by atoms with Gasteiger partial charge in [-0.25, -0.2) is 0 Å². The molecule has 2 aromatic rings. The Morgan fingerprint density at radius 2 is 1.85 bits per heavy atom. The molecule has 2 aromatic carbocycles. The van der Waals surface area contributed by atoms with E-state index >= 15 is 0 Å². The Bertz CT molecular complexity index is 892. The summed E-state index contributed by atoms with van der Waals surface area (Å²) in [6.45, 7) is 8.41. The quantitative estimate of drug-likeness (QED) is 0.792. The van der Waals surface area contributed by atoms with E-state index in [0.717, 1.165) is 38.1 Å². The molecule has 2 amide bonds. The molecular formula is C21H23BrN2O2. The van der Waals surface area contributed by atoms with E-state index < -0.39 is 0 Å². The van der Waals surface area contributed by atoms with Crippen molar-refractivity contribution in [1.29, 1.82) is 0 Å². The fourth-order valence-corrected chi connectivity index (χ4v) is 3.71. The Morgan fingerprint density at radius 1 is 1.12 bits per heavy atom. The van der Waals surface area contributed by atoms with Crippen LogP contribution in [0.3, 0.4) is 0 Å². The maximum atomic E-state index is 12.7. The lowest BCUT2D eigenvalue weighted by Gasteiger charge is -2.20. The lowest BCUT2D eigenvalue weighted by Crippen LogP contribution is -2.28. The number of hydrogen-bond acceptors (Lipinski definition) is 2. The largest absolute Gasteiger partial charge is 0.326 e. The predicted octanol–water partition coefficient (Wildman–Crippen LogP) is 4.67. The van der Waals surface area contributed by atoms with E-state index in [1.54, 1.807) is 4.90 Å². The van der Waals surface area contributed by atoms with Crippen molar-refractivity contribution in [3.05, 3.63) is 57.1 Å². The third-order valence-corrected chi connectivity index (χ3v) is 5.99. The Morgan fingerprint density at radius 3 is 2.58 bits per heavy atom. The highest BCUT2D eigenvalue weighted by Crippen LogP contribution is 2.30. The second-order valence-corrected chi connectivity index (χ2v) is 7.88. The van der Waals surface area contributed by atoms with E-state index in [-0.39, 0.29) is 24.2 Å². The first-order chi connectivity index (χ1) is 12.3. The molecule has 1 heterocycles. The smallest absolute Gasteiger partial charge is 0.229 e. The monoisotopic (exact) mass is 414 g/mol. The summed E-state index contributed by atoms with van der Waals surface area (Å²) in [7, 11) is 0. The zero-order chi connectivity index (χ0) is 19.0. The molecule has 1 fully saturated rings. The van der Waals surface area contributed by atoms with Gasteiger partial charge in [0.2, 0.25) is 11.8 Å². The van der Waals surface area contributed by atoms with Crippen LogP contribution in [0.25, 0.3) is 0 Å². The van der Waals surface area contributed by atoms with Crippen LogP contribution in [0.15, 0.2) is 34.8 Å². The molecule has 0 radical (unpaired) electrons. The maximum absolute atomic E-state index is 12.7. The van der Waals surface area contributed by atoms with E-state index in [9.17, 15) is 9.59 Å². The standard InChI is InChI=1S/C21H23BrN2O2/c1-12-5-6-13(2)19(9-12)24-11-16(10-20(24)25)21(26)23-18-8-7-17(22)14(3)15(18)4/h5-9,16H,10-11H2,1-4H3,(H,23,26)/t16-/m0/s1. The minimum Gasteiger partial charge on any atom is -0.326 e. The SMILES string of the molecule is Cc1ccc(C)c(N2C[C@@H](C(=O)Nc3ccc(Br)c(C)c3C)CC2=O)c1. The van der Waals surface area contributed by atoms with Crippen LogP contribution >= 0.6 is 15.9 Å². The highest BCUT2D eigenvalue weighted by Gasteiger charge is 2.35. The van der Waals surface area contributed by atoms with Gasteiger partial charge in [0.05, 0.1) is 5.92 Å². The van der Waals surface area contributed by atoms with Crippen molar-refractivity contribution < 1.29 is 9.59 Å². The number of amides is 2. The van der Waals surface area contributed by atoms with E-state index in [1.165, 1.54) is 0 Å². The third-order valence-electron chi connectivity index (χ3n) is 5.13. The van der Waals surface area contributed by atoms with Crippen LogP contribution < -0.4 is 10.2 Å². The molecule has 0 aromatic heterocycles. The number of hydrogen-bond donors (Lipinski definition) is 1. The number of halogens is 1. The number of nitrogens with zero attached hydrogens (tertiary/aromatic N) is 1. The van der Waals surface area contributed by atoms with Crippen molar-refractivity contribution in [1.82, 2.24) is 0 Å². The number of carbonyl (C=O) groups is 2. The normalized spacial score (nSPS) is 16.9. The zero-order valence-electron chi connectivity index (χ0n) is 15.5. The molecule has 3 rings (SSSR count). The number of anilines is 2. The lowest BCUT2D eigenvalue weighted by atomic mass is 10.1. The highest BCUT2D eigenvalue weighted by molar-refractivity contribution is 9.10. The molecule has 1 atom stereocenters. The fraction of sp³-hybridized carbons (Fsp3) is 0.333. The third kappa shape index (κ3) is 3.54. The number of aryl methyl sites for hydroxylation is 2. The molecule has 4 nitrogen and oxygen atoms in total. The van der Waals surface area contributed by atoms with Gasteiger partial charge in [0.1, 0.15) is 0 Å². The van der Waals surface area contributed by atoms with Crippen molar-refractivity contribution in [2.75, 3.05) is 16.8 Å². The molecule has 136 valence electrons. The van der Waals surface area contributed by atoms with Crippen molar-refractivity contribution in [3.8, 4) is 0 Å². The molecule has 1 aliphatic rings. The first kappa shape index (κ1) is 18.6. The van der Waals surface area contributed by atoms with Crippen LogP contribution in [0.2, 0.25) is 0 Å². The second kappa shape index (κ2) is 7.23. The average molecular weight is 415 g/mol. The fourth-order valence-electron chi connectivity index (χ4n) is 3.28. The molecule has 1 N–H and O–H groups in total. The maximum Gasteiger partial charge on any atom is 0.229 e. The van der Waals surface area contributed by atoms with Gasteiger partial charge < -0.3 is 10.2 Å². The Balaban J connectivity index is 1.77. The van der Waals surface area contributed by atoms with Crippen LogP contribution in [0.4, 0.5) is 11.4 Å². The lowest BCUT2D eigenvalue weighted by molar-refractivity contribution is -0.122. The van der Waals surface area contributed by atoms with E-state index in [1.807, 2.05) is 58.0 Å². The van der Waals surface area contributed by atoms with Gasteiger partial charge in [-0.05, 0) is 68.1 Å². The highest BCUT2D eigenvalue weighted by atomic mass is 79.9. The summed E-state index contributed by atoms with van der Waals surface area (Å²) >= 11 is 3.50. The molecule has 1 aliphatic heterocycles. The predicted molar refractivity (Wildman–Crippen MR) is 109 cm³/mol. The first-order valence-corrected chi connectivity index (χ1v) is 9.51. The van der Waals surface area contributed by atoms with Gasteiger partial charge in [0.25, 0.3) is 0 Å². The van der Waals surface area contributed by atoms with E-state index in [0.29, 0.717) is 6.54 Å². The molecule has 0 bridgehead atoms. The number of carbonyl (C=O) groups excluding carboxylic acids is 2. The topological polar surface area (TPSA) is 49.4 Å². The van der Waals surface area contributed by atoms with Gasteiger partial charge in [-0.15, -0.1) is 0 Å². The van der Waals surface area contributed by atoms with E-state index in [4.69, 9.17) is 0 Å². The van der Waals surface area contributed by atoms with Crippen molar-refractivity contribution >= 4 is 39.1 Å². The van der Waals surface area contributed by atoms with E-state index in [2.05, 4.69) is 21.2 Å². The Hall–Kier alpha value is -2.14. The first-order valence-electron chi connectivity index (χ1n) is 8.72. The summed E-state index contributed by atoms with van der Waals surface area (Å²) in [6, 6.07) is 9.88. The molecule has 0 aliphatic carbocycles. The molecule has 0 unspecified atom stereocenters. The second-order valence-electron chi connectivity index (χ2n) is 7.03. The van der Waals surface area contributed by atoms with Gasteiger partial charge >= 0.3 is 0 Å². The summed E-state index contributed by atoms with van der Waals surface area (Å²) in [6.07, 6.45) is 0.244. The molecule has 0 spiro atoms. The Labute approximate surface area is 162 Å². The number of nitrogens with one attached hydrogen (secondary N) is 1. The summed E-state index contributed by atoms with van der Waals surface area (Å²) < 4.78 is 1.02. The van der Waals surface area contributed by atoms with Crippen LogP contribution in [0, 0.1) is 33.6 Å². The molecule has 26 heavy (non-hydrogen) atoms. The average Bonchev–Trinajstić information content (AvgIpc) is 2.99. The van der Waals surface area contributed by atoms with Crippen molar-refractivity contribution in [2.24, 2.45) is 5.92 Å². The molecular weight excluding hydrogens is 392 g/mol. The molecule has 0 saturated carbocycles. The summed E-state index contributed by atoms with van der Waals surface area (Å²) in [5.74, 6) is -0.440. The Kier molecular flexibility index (Phi) is 5.19. The van der Waals surface area contributed by atoms with Crippen molar-refractivity contribution in [2.45, 2.75) is 34.1 Å².